The molecular formula is C11H13N3O. The quantitative estimate of drug-likeness (QED) is 0.647. The molecule has 1 aliphatic rings. The van der Waals surface area contributed by atoms with Crippen molar-refractivity contribution in [2.75, 3.05) is 6.54 Å². The molecule has 15 heavy (non-hydrogen) atoms. The number of para-hydroxylation sites is 2. The van der Waals surface area contributed by atoms with E-state index in [2.05, 4.69) is 15.3 Å². The number of aliphatic hydroxyl groups excluding tert-OH is 1. The van der Waals surface area contributed by atoms with Crippen LogP contribution in [0.5, 0.6) is 0 Å². The van der Waals surface area contributed by atoms with Gasteiger partial charge in [-0.05, 0) is 18.6 Å². The van der Waals surface area contributed by atoms with Gasteiger partial charge in [0.15, 0.2) is 0 Å². The number of rotatable bonds is 1. The molecule has 0 radical (unpaired) electrons. The highest BCUT2D eigenvalue weighted by Crippen LogP contribution is 2.23. The van der Waals surface area contributed by atoms with Crippen molar-refractivity contribution < 1.29 is 5.11 Å². The van der Waals surface area contributed by atoms with E-state index in [1.54, 1.807) is 0 Å². The molecule has 0 bridgehead atoms. The SMILES string of the molecule is OC1CNC(c2nc3ccccc3[nH]2)C1. The van der Waals surface area contributed by atoms with Crippen molar-refractivity contribution >= 4 is 11.0 Å². The van der Waals surface area contributed by atoms with Gasteiger partial charge in [-0.3, -0.25) is 0 Å². The van der Waals surface area contributed by atoms with Gasteiger partial charge in [-0.2, -0.15) is 0 Å². The number of hydrogen-bond donors (Lipinski definition) is 3. The second kappa shape index (κ2) is 3.32. The molecule has 1 aromatic heterocycles. The predicted octanol–water partition coefficient (Wildman–Crippen LogP) is 0.958. The van der Waals surface area contributed by atoms with Crippen molar-refractivity contribution in [3.05, 3.63) is 30.1 Å². The molecule has 1 aromatic carbocycles. The Hall–Kier alpha value is -1.39. The summed E-state index contributed by atoms with van der Waals surface area (Å²) in [5, 5.41) is 12.7. The van der Waals surface area contributed by atoms with Crippen LogP contribution in [-0.4, -0.2) is 27.7 Å². The van der Waals surface area contributed by atoms with Crippen molar-refractivity contribution in [1.29, 1.82) is 0 Å². The highest BCUT2D eigenvalue weighted by atomic mass is 16.3. The Morgan fingerprint density at radius 3 is 2.93 bits per heavy atom. The average molecular weight is 203 g/mol. The average Bonchev–Trinajstić information content (AvgIpc) is 2.82. The van der Waals surface area contributed by atoms with E-state index in [0.29, 0.717) is 6.54 Å². The van der Waals surface area contributed by atoms with Crippen LogP contribution >= 0.6 is 0 Å². The van der Waals surface area contributed by atoms with E-state index in [1.807, 2.05) is 24.3 Å². The third kappa shape index (κ3) is 1.52. The lowest BCUT2D eigenvalue weighted by Crippen LogP contribution is -2.15. The largest absolute Gasteiger partial charge is 0.392 e. The maximum Gasteiger partial charge on any atom is 0.124 e. The molecule has 0 spiro atoms. The number of aromatic nitrogens is 2. The number of nitrogens with one attached hydrogen (secondary N) is 2. The van der Waals surface area contributed by atoms with Crippen molar-refractivity contribution in [2.24, 2.45) is 0 Å². The number of imidazole rings is 1. The highest BCUT2D eigenvalue weighted by molar-refractivity contribution is 5.74. The van der Waals surface area contributed by atoms with E-state index in [-0.39, 0.29) is 12.1 Å². The zero-order valence-electron chi connectivity index (χ0n) is 8.27. The number of benzene rings is 1. The minimum Gasteiger partial charge on any atom is -0.392 e. The molecule has 2 aromatic rings. The van der Waals surface area contributed by atoms with Crippen LogP contribution < -0.4 is 5.32 Å². The predicted molar refractivity (Wildman–Crippen MR) is 57.5 cm³/mol. The van der Waals surface area contributed by atoms with E-state index < -0.39 is 0 Å². The molecule has 1 fully saturated rings. The number of aliphatic hydroxyl groups is 1. The first-order valence-corrected chi connectivity index (χ1v) is 5.19. The number of hydrogen-bond acceptors (Lipinski definition) is 3. The summed E-state index contributed by atoms with van der Waals surface area (Å²) >= 11 is 0. The highest BCUT2D eigenvalue weighted by Gasteiger charge is 2.25. The standard InChI is InChI=1S/C11H13N3O/c15-7-5-10(12-6-7)11-13-8-3-1-2-4-9(8)14-11/h1-4,7,10,12,15H,5-6H2,(H,13,14). The van der Waals surface area contributed by atoms with Crippen LogP contribution in [0.3, 0.4) is 0 Å². The van der Waals surface area contributed by atoms with Crippen molar-refractivity contribution in [2.45, 2.75) is 18.6 Å². The Kier molecular flexibility index (Phi) is 1.97. The fraction of sp³-hybridized carbons (Fsp3) is 0.364. The van der Waals surface area contributed by atoms with E-state index >= 15 is 0 Å². The maximum absolute atomic E-state index is 9.43. The third-order valence-corrected chi connectivity index (χ3v) is 2.85. The van der Waals surface area contributed by atoms with E-state index in [4.69, 9.17) is 0 Å². The summed E-state index contributed by atoms with van der Waals surface area (Å²) in [5.41, 5.74) is 2.03. The molecule has 1 aliphatic heterocycles. The minimum absolute atomic E-state index is 0.160. The van der Waals surface area contributed by atoms with E-state index in [0.717, 1.165) is 23.3 Å². The van der Waals surface area contributed by atoms with Gasteiger partial charge < -0.3 is 15.4 Å². The molecule has 4 nitrogen and oxygen atoms in total. The molecule has 2 unspecified atom stereocenters. The van der Waals surface area contributed by atoms with E-state index in [9.17, 15) is 5.11 Å². The lowest BCUT2D eigenvalue weighted by Gasteiger charge is -2.04. The molecule has 0 aliphatic carbocycles. The molecule has 0 amide bonds. The Bertz CT molecular complexity index is 446. The van der Waals surface area contributed by atoms with Gasteiger partial charge >= 0.3 is 0 Å². The van der Waals surface area contributed by atoms with Crippen LogP contribution in [0.15, 0.2) is 24.3 Å². The Balaban J connectivity index is 1.98. The summed E-state index contributed by atoms with van der Waals surface area (Å²) < 4.78 is 0. The van der Waals surface area contributed by atoms with Crippen LogP contribution in [0, 0.1) is 0 Å². The summed E-state index contributed by atoms with van der Waals surface area (Å²) in [4.78, 5) is 7.77. The normalized spacial score (nSPS) is 26.2. The van der Waals surface area contributed by atoms with Crippen LogP contribution in [0.4, 0.5) is 0 Å². The fourth-order valence-electron chi connectivity index (χ4n) is 2.06. The smallest absolute Gasteiger partial charge is 0.124 e. The molecule has 2 heterocycles. The molecule has 4 heteroatoms. The number of β-amino-alcohol motifs (C(OH)–C–C–N with tert-alkyl or cyclic N) is 1. The van der Waals surface area contributed by atoms with Crippen LogP contribution in [-0.2, 0) is 0 Å². The fourth-order valence-corrected chi connectivity index (χ4v) is 2.06. The number of fused-ring (bicyclic) bond motifs is 1. The van der Waals surface area contributed by atoms with Crippen molar-refractivity contribution in [3.8, 4) is 0 Å². The molecular weight excluding hydrogens is 190 g/mol. The summed E-state index contributed by atoms with van der Waals surface area (Å²) in [6, 6.07) is 8.12. The van der Waals surface area contributed by atoms with Gasteiger partial charge in [0.05, 0.1) is 23.2 Å². The van der Waals surface area contributed by atoms with E-state index in [1.165, 1.54) is 0 Å². The number of H-pyrrole nitrogens is 1. The summed E-state index contributed by atoms with van der Waals surface area (Å²) in [7, 11) is 0. The summed E-state index contributed by atoms with van der Waals surface area (Å²) in [5.74, 6) is 0.924. The maximum atomic E-state index is 9.43. The first-order chi connectivity index (χ1) is 7.33. The Morgan fingerprint density at radius 2 is 2.20 bits per heavy atom. The zero-order valence-corrected chi connectivity index (χ0v) is 8.27. The minimum atomic E-state index is -0.247. The monoisotopic (exact) mass is 203 g/mol. The van der Waals surface area contributed by atoms with Crippen molar-refractivity contribution in [1.82, 2.24) is 15.3 Å². The molecule has 3 rings (SSSR count). The first-order valence-electron chi connectivity index (χ1n) is 5.19. The zero-order chi connectivity index (χ0) is 10.3. The van der Waals surface area contributed by atoms with Gasteiger partial charge in [-0.25, -0.2) is 4.98 Å². The van der Waals surface area contributed by atoms with Gasteiger partial charge in [0.1, 0.15) is 5.82 Å². The Labute approximate surface area is 87.3 Å². The van der Waals surface area contributed by atoms with Crippen molar-refractivity contribution in [3.63, 3.8) is 0 Å². The second-order valence-electron chi connectivity index (χ2n) is 3.99. The summed E-state index contributed by atoms with van der Waals surface area (Å²) in [6.07, 6.45) is 0.489. The van der Waals surface area contributed by atoms with Gasteiger partial charge in [-0.1, -0.05) is 12.1 Å². The molecule has 1 saturated heterocycles. The Morgan fingerprint density at radius 1 is 1.33 bits per heavy atom. The van der Waals surface area contributed by atoms with Gasteiger partial charge in [0, 0.05) is 6.54 Å². The third-order valence-electron chi connectivity index (χ3n) is 2.85. The molecule has 3 N–H and O–H groups in total. The molecule has 0 saturated carbocycles. The molecule has 78 valence electrons. The van der Waals surface area contributed by atoms with Crippen LogP contribution in [0.2, 0.25) is 0 Å². The van der Waals surface area contributed by atoms with Gasteiger partial charge in [-0.15, -0.1) is 0 Å². The number of aromatic amines is 1. The molecule has 2 atom stereocenters. The van der Waals surface area contributed by atoms with Gasteiger partial charge in [0.2, 0.25) is 0 Å². The lowest BCUT2D eigenvalue weighted by molar-refractivity contribution is 0.193. The first kappa shape index (κ1) is 8.88. The number of nitrogens with zero attached hydrogens (tertiary/aromatic N) is 1. The topological polar surface area (TPSA) is 60.9 Å². The summed E-state index contributed by atoms with van der Waals surface area (Å²) in [6.45, 7) is 0.654. The van der Waals surface area contributed by atoms with Gasteiger partial charge in [0.25, 0.3) is 0 Å². The van der Waals surface area contributed by atoms with Crippen LogP contribution in [0.25, 0.3) is 11.0 Å². The van der Waals surface area contributed by atoms with Crippen LogP contribution in [0.1, 0.15) is 18.3 Å². The lowest BCUT2D eigenvalue weighted by atomic mass is 10.2. The second-order valence-corrected chi connectivity index (χ2v) is 3.99.